The molecule has 21 heavy (non-hydrogen) atoms. The Morgan fingerprint density at radius 2 is 2.10 bits per heavy atom. The van der Waals surface area contributed by atoms with E-state index in [1.807, 2.05) is 0 Å². The van der Waals surface area contributed by atoms with Crippen LogP contribution >= 0.6 is 0 Å². The van der Waals surface area contributed by atoms with Gasteiger partial charge in [0.2, 0.25) is 5.91 Å². The minimum Gasteiger partial charge on any atom is -0.381 e. The van der Waals surface area contributed by atoms with E-state index in [2.05, 4.69) is 16.8 Å². The van der Waals surface area contributed by atoms with Gasteiger partial charge in [0.25, 0.3) is 0 Å². The van der Waals surface area contributed by atoms with Crippen LogP contribution in [0.1, 0.15) is 25.7 Å². The van der Waals surface area contributed by atoms with E-state index in [9.17, 15) is 4.79 Å². The van der Waals surface area contributed by atoms with Gasteiger partial charge in [-0.05, 0) is 38.6 Å². The molecule has 3 rings (SSSR count). The van der Waals surface area contributed by atoms with Gasteiger partial charge < -0.3 is 19.3 Å². The van der Waals surface area contributed by atoms with Gasteiger partial charge in [0.15, 0.2) is 0 Å². The minimum atomic E-state index is 0.0684. The summed E-state index contributed by atoms with van der Waals surface area (Å²) in [5, 5.41) is 0. The summed E-state index contributed by atoms with van der Waals surface area (Å²) in [6, 6.07) is 0. The Balaban J connectivity index is 1.57. The standard InChI is InChI=1S/C16H28N2O3/c1-17-6-8-21-15(10-17)11-18(9-13-4-5-13)16(19)14-3-2-7-20-12-14/h13-15H,2-12H2,1H3/t14-,15-/m1/s1. The van der Waals surface area contributed by atoms with E-state index in [1.165, 1.54) is 12.8 Å². The Morgan fingerprint density at radius 1 is 1.24 bits per heavy atom. The van der Waals surface area contributed by atoms with Gasteiger partial charge in [0.1, 0.15) is 0 Å². The number of carbonyl (C=O) groups excluding carboxylic acids is 1. The highest BCUT2D eigenvalue weighted by Crippen LogP contribution is 2.31. The first-order valence-electron chi connectivity index (χ1n) is 8.39. The van der Waals surface area contributed by atoms with Crippen molar-refractivity contribution < 1.29 is 14.3 Å². The Bertz CT molecular complexity index is 353. The van der Waals surface area contributed by atoms with Crippen LogP contribution in [0.5, 0.6) is 0 Å². The second-order valence-corrected chi connectivity index (χ2v) is 6.86. The molecule has 1 saturated carbocycles. The summed E-state index contributed by atoms with van der Waals surface area (Å²) < 4.78 is 11.3. The molecule has 3 aliphatic rings. The number of ether oxygens (including phenoxy) is 2. The zero-order chi connectivity index (χ0) is 14.7. The third kappa shape index (κ3) is 4.41. The number of rotatable bonds is 5. The van der Waals surface area contributed by atoms with E-state index in [4.69, 9.17) is 9.47 Å². The Morgan fingerprint density at radius 3 is 2.76 bits per heavy atom. The number of likely N-dealkylation sites (N-methyl/N-ethyl adjacent to an activating group) is 1. The predicted octanol–water partition coefficient (Wildman–Crippen LogP) is 0.982. The smallest absolute Gasteiger partial charge is 0.228 e. The third-order valence-electron chi connectivity index (χ3n) is 4.76. The van der Waals surface area contributed by atoms with Crippen molar-refractivity contribution in [1.29, 1.82) is 0 Å². The van der Waals surface area contributed by atoms with E-state index in [-0.39, 0.29) is 12.0 Å². The summed E-state index contributed by atoms with van der Waals surface area (Å²) in [7, 11) is 2.12. The van der Waals surface area contributed by atoms with Crippen LogP contribution in [0.15, 0.2) is 0 Å². The van der Waals surface area contributed by atoms with Crippen molar-refractivity contribution in [2.45, 2.75) is 31.8 Å². The van der Waals surface area contributed by atoms with Crippen LogP contribution in [0.3, 0.4) is 0 Å². The van der Waals surface area contributed by atoms with Crippen LogP contribution in [0, 0.1) is 11.8 Å². The van der Waals surface area contributed by atoms with E-state index in [1.54, 1.807) is 0 Å². The number of hydrogen-bond acceptors (Lipinski definition) is 4. The number of carbonyl (C=O) groups is 1. The molecule has 1 amide bonds. The molecule has 0 aromatic rings. The molecule has 5 heteroatoms. The quantitative estimate of drug-likeness (QED) is 0.758. The lowest BCUT2D eigenvalue weighted by Crippen LogP contribution is -2.50. The van der Waals surface area contributed by atoms with Crippen LogP contribution in [0.2, 0.25) is 0 Å². The Hall–Kier alpha value is -0.650. The van der Waals surface area contributed by atoms with Gasteiger partial charge in [-0.1, -0.05) is 0 Å². The monoisotopic (exact) mass is 296 g/mol. The lowest BCUT2D eigenvalue weighted by atomic mass is 10.00. The van der Waals surface area contributed by atoms with Gasteiger partial charge in [-0.25, -0.2) is 0 Å². The average Bonchev–Trinajstić information content (AvgIpc) is 3.31. The molecule has 2 atom stereocenters. The molecule has 0 spiro atoms. The summed E-state index contributed by atoms with van der Waals surface area (Å²) in [4.78, 5) is 17.2. The fourth-order valence-corrected chi connectivity index (χ4v) is 3.28. The largest absolute Gasteiger partial charge is 0.381 e. The Labute approximate surface area is 127 Å². The summed E-state index contributed by atoms with van der Waals surface area (Å²) in [5.74, 6) is 1.08. The molecule has 2 aliphatic heterocycles. The molecule has 1 aliphatic carbocycles. The molecular weight excluding hydrogens is 268 g/mol. The lowest BCUT2D eigenvalue weighted by molar-refractivity contribution is -0.143. The number of nitrogens with zero attached hydrogens (tertiary/aromatic N) is 2. The molecule has 0 N–H and O–H groups in total. The van der Waals surface area contributed by atoms with Crippen molar-refractivity contribution >= 4 is 5.91 Å². The van der Waals surface area contributed by atoms with Gasteiger partial charge >= 0.3 is 0 Å². The first-order valence-corrected chi connectivity index (χ1v) is 8.39. The van der Waals surface area contributed by atoms with Gasteiger partial charge in [-0.15, -0.1) is 0 Å². The fourth-order valence-electron chi connectivity index (χ4n) is 3.28. The van der Waals surface area contributed by atoms with Crippen LogP contribution in [-0.2, 0) is 14.3 Å². The topological polar surface area (TPSA) is 42.0 Å². The highest BCUT2D eigenvalue weighted by atomic mass is 16.5. The predicted molar refractivity (Wildman–Crippen MR) is 80.1 cm³/mol. The van der Waals surface area contributed by atoms with Gasteiger partial charge in [-0.3, -0.25) is 4.79 Å². The molecule has 0 bridgehead atoms. The van der Waals surface area contributed by atoms with Gasteiger partial charge in [0, 0.05) is 32.8 Å². The van der Waals surface area contributed by atoms with Crippen molar-refractivity contribution in [3.8, 4) is 0 Å². The Kier molecular flexibility index (Phi) is 5.14. The van der Waals surface area contributed by atoms with E-state index in [0.29, 0.717) is 12.5 Å². The first-order chi connectivity index (χ1) is 10.2. The van der Waals surface area contributed by atoms with Crippen LogP contribution in [0.4, 0.5) is 0 Å². The molecule has 2 heterocycles. The van der Waals surface area contributed by atoms with E-state index < -0.39 is 0 Å². The molecule has 3 fully saturated rings. The van der Waals surface area contributed by atoms with Crippen LogP contribution in [-0.4, -0.2) is 74.9 Å². The van der Waals surface area contributed by atoms with Crippen molar-refractivity contribution in [1.82, 2.24) is 9.80 Å². The van der Waals surface area contributed by atoms with Crippen molar-refractivity contribution in [3.63, 3.8) is 0 Å². The third-order valence-corrected chi connectivity index (χ3v) is 4.76. The molecule has 0 aromatic carbocycles. The fraction of sp³-hybridized carbons (Fsp3) is 0.938. The maximum Gasteiger partial charge on any atom is 0.228 e. The SMILES string of the molecule is CN1CCO[C@@H](CN(CC2CC2)C(=O)[C@@H]2CCCOC2)C1. The summed E-state index contributed by atoms with van der Waals surface area (Å²) >= 11 is 0. The second-order valence-electron chi connectivity index (χ2n) is 6.86. The molecule has 5 nitrogen and oxygen atoms in total. The molecule has 0 radical (unpaired) electrons. The second kappa shape index (κ2) is 7.07. The van der Waals surface area contributed by atoms with Crippen molar-refractivity contribution in [2.24, 2.45) is 11.8 Å². The zero-order valence-electron chi connectivity index (χ0n) is 13.1. The van der Waals surface area contributed by atoms with Gasteiger partial charge in [0.05, 0.1) is 25.2 Å². The number of hydrogen-bond donors (Lipinski definition) is 0. The lowest BCUT2D eigenvalue weighted by Gasteiger charge is -2.36. The highest BCUT2D eigenvalue weighted by molar-refractivity contribution is 5.79. The highest BCUT2D eigenvalue weighted by Gasteiger charge is 2.33. The molecular formula is C16H28N2O3. The zero-order valence-corrected chi connectivity index (χ0v) is 13.1. The maximum atomic E-state index is 12.8. The van der Waals surface area contributed by atoms with E-state index >= 15 is 0 Å². The summed E-state index contributed by atoms with van der Waals surface area (Å²) in [6.07, 6.45) is 4.70. The van der Waals surface area contributed by atoms with Gasteiger partial charge in [-0.2, -0.15) is 0 Å². The molecule has 120 valence electrons. The molecule has 0 unspecified atom stereocenters. The first kappa shape index (κ1) is 15.3. The van der Waals surface area contributed by atoms with Crippen molar-refractivity contribution in [2.75, 3.05) is 53.0 Å². The number of morpholine rings is 1. The van der Waals surface area contributed by atoms with E-state index in [0.717, 1.165) is 58.2 Å². The molecule has 2 saturated heterocycles. The van der Waals surface area contributed by atoms with Crippen LogP contribution in [0.25, 0.3) is 0 Å². The van der Waals surface area contributed by atoms with Crippen molar-refractivity contribution in [3.05, 3.63) is 0 Å². The maximum absolute atomic E-state index is 12.8. The average molecular weight is 296 g/mol. The minimum absolute atomic E-state index is 0.0684. The number of amides is 1. The molecule has 0 aromatic heterocycles. The summed E-state index contributed by atoms with van der Waals surface area (Å²) in [5.41, 5.74) is 0. The summed E-state index contributed by atoms with van der Waals surface area (Å²) in [6.45, 7) is 5.77. The van der Waals surface area contributed by atoms with Crippen LogP contribution < -0.4 is 0 Å². The normalized spacial score (nSPS) is 31.1.